The van der Waals surface area contributed by atoms with Gasteiger partial charge in [0, 0.05) is 34.1 Å². The fraction of sp³-hybridized carbons (Fsp3) is 0.296. The highest BCUT2D eigenvalue weighted by Gasteiger charge is 2.17. The van der Waals surface area contributed by atoms with Crippen molar-refractivity contribution < 1.29 is 14.3 Å². The third-order valence-electron chi connectivity index (χ3n) is 5.60. The molecule has 6 nitrogen and oxygen atoms in total. The number of carbonyl (C=O) groups is 2. The van der Waals surface area contributed by atoms with Crippen molar-refractivity contribution in [2.75, 3.05) is 13.2 Å². The van der Waals surface area contributed by atoms with Crippen LogP contribution in [0.25, 0.3) is 6.08 Å². The molecule has 1 atom stereocenters. The summed E-state index contributed by atoms with van der Waals surface area (Å²) in [6, 6.07) is 15.2. The van der Waals surface area contributed by atoms with Crippen LogP contribution in [0.4, 0.5) is 0 Å². The number of carbonyl (C=O) groups excluding carboxylic acids is 2. The van der Waals surface area contributed by atoms with E-state index in [1.807, 2.05) is 43.3 Å². The van der Waals surface area contributed by atoms with Crippen molar-refractivity contribution in [3.63, 3.8) is 0 Å². The lowest BCUT2D eigenvalue weighted by Gasteiger charge is -2.19. The summed E-state index contributed by atoms with van der Waals surface area (Å²) in [5.74, 6) is -1.02. The summed E-state index contributed by atoms with van der Waals surface area (Å²) in [6.07, 6.45) is 4.54. The highest BCUT2D eigenvalue weighted by Crippen LogP contribution is 2.30. The lowest BCUT2D eigenvalue weighted by atomic mass is 9.94. The van der Waals surface area contributed by atoms with E-state index >= 15 is 0 Å². The molecule has 0 aliphatic carbocycles. The molecule has 36 heavy (non-hydrogen) atoms. The van der Waals surface area contributed by atoms with Gasteiger partial charge in [-0.3, -0.25) is 4.79 Å². The van der Waals surface area contributed by atoms with Crippen LogP contribution in [0.5, 0.6) is 0 Å². The van der Waals surface area contributed by atoms with Gasteiger partial charge < -0.3 is 10.1 Å². The zero-order valence-corrected chi connectivity index (χ0v) is 22.4. The Morgan fingerprint density at radius 1 is 1.14 bits per heavy atom. The lowest BCUT2D eigenvalue weighted by molar-refractivity contribution is -0.143. The molecule has 0 saturated carbocycles. The largest absolute Gasteiger partial charge is 0.452 e. The molecule has 0 radical (unpaired) electrons. The van der Waals surface area contributed by atoms with Crippen LogP contribution in [-0.4, -0.2) is 34.8 Å². The number of aryl methyl sites for hydroxylation is 1. The fourth-order valence-electron chi connectivity index (χ4n) is 3.79. The first kappa shape index (κ1) is 27.8. The van der Waals surface area contributed by atoms with Crippen molar-refractivity contribution in [3.05, 3.63) is 92.2 Å². The first-order chi connectivity index (χ1) is 17.3. The Bertz CT molecular complexity index is 1230. The van der Waals surface area contributed by atoms with Crippen LogP contribution in [0, 0.1) is 6.92 Å². The van der Waals surface area contributed by atoms with Gasteiger partial charge in [0.15, 0.2) is 6.61 Å². The fourth-order valence-corrected chi connectivity index (χ4v) is 4.65. The van der Waals surface area contributed by atoms with E-state index in [9.17, 15) is 9.59 Å². The number of amides is 1. The number of hydrogen-bond acceptors (Lipinski definition) is 4. The number of hydrogen-bond donors (Lipinski definition) is 1. The van der Waals surface area contributed by atoms with Gasteiger partial charge >= 0.3 is 5.97 Å². The Morgan fingerprint density at radius 3 is 2.58 bits per heavy atom. The van der Waals surface area contributed by atoms with E-state index in [1.165, 1.54) is 6.08 Å². The SMILES string of the molecule is CCC[C@H](CNC(=O)COC(=O)/C=C/c1c(C)nn(Cc2ccccc2)c1Cl)c1ccc(Cl)cc1Cl. The molecular formula is C27H28Cl3N3O3. The van der Waals surface area contributed by atoms with Gasteiger partial charge in [-0.2, -0.15) is 5.10 Å². The molecule has 0 spiro atoms. The highest BCUT2D eigenvalue weighted by molar-refractivity contribution is 6.35. The first-order valence-electron chi connectivity index (χ1n) is 11.6. The van der Waals surface area contributed by atoms with Crippen LogP contribution in [0.15, 0.2) is 54.6 Å². The van der Waals surface area contributed by atoms with Crippen LogP contribution in [0.2, 0.25) is 15.2 Å². The van der Waals surface area contributed by atoms with E-state index in [-0.39, 0.29) is 5.92 Å². The lowest BCUT2D eigenvalue weighted by Crippen LogP contribution is -2.32. The zero-order valence-electron chi connectivity index (χ0n) is 20.1. The number of benzene rings is 2. The predicted octanol–water partition coefficient (Wildman–Crippen LogP) is 6.46. The monoisotopic (exact) mass is 547 g/mol. The van der Waals surface area contributed by atoms with Gasteiger partial charge in [0.2, 0.25) is 0 Å². The van der Waals surface area contributed by atoms with Crippen LogP contribution >= 0.6 is 34.8 Å². The number of nitrogens with one attached hydrogen (secondary N) is 1. The summed E-state index contributed by atoms with van der Waals surface area (Å²) < 4.78 is 6.76. The molecule has 0 saturated heterocycles. The number of ether oxygens (including phenoxy) is 1. The smallest absolute Gasteiger partial charge is 0.331 e. The minimum Gasteiger partial charge on any atom is -0.452 e. The molecule has 0 unspecified atom stereocenters. The molecule has 0 aliphatic heterocycles. The Morgan fingerprint density at radius 2 is 1.89 bits per heavy atom. The molecule has 1 aromatic heterocycles. The molecule has 190 valence electrons. The summed E-state index contributed by atoms with van der Waals surface area (Å²) in [7, 11) is 0. The second-order valence-corrected chi connectivity index (χ2v) is 9.53. The maximum absolute atomic E-state index is 12.3. The Kier molecular flexibility index (Phi) is 10.4. The van der Waals surface area contributed by atoms with Crippen LogP contribution in [0.1, 0.15) is 48.1 Å². The normalized spacial score (nSPS) is 12.0. The first-order valence-corrected chi connectivity index (χ1v) is 12.7. The topological polar surface area (TPSA) is 73.2 Å². The van der Waals surface area contributed by atoms with E-state index in [1.54, 1.807) is 22.9 Å². The highest BCUT2D eigenvalue weighted by atomic mass is 35.5. The van der Waals surface area contributed by atoms with E-state index in [2.05, 4.69) is 17.3 Å². The Hall–Kier alpha value is -2.80. The molecule has 3 aromatic rings. The summed E-state index contributed by atoms with van der Waals surface area (Å²) in [5, 5.41) is 8.80. The Labute approximate surface area is 226 Å². The second kappa shape index (κ2) is 13.5. The van der Waals surface area contributed by atoms with Crippen molar-refractivity contribution in [2.24, 2.45) is 0 Å². The standard InChI is InChI=1S/C27H28Cl3N3O3/c1-3-7-20(23-11-10-21(28)14-24(23)29)15-31-25(34)17-36-26(35)13-12-22-18(2)32-33(27(22)30)16-19-8-5-4-6-9-19/h4-6,8-14,20H,3,7,15-17H2,1-2H3,(H,31,34)/b13-12+/t20-/m1/s1. The summed E-state index contributed by atoms with van der Waals surface area (Å²) >= 11 is 18.8. The molecule has 2 aromatic carbocycles. The third kappa shape index (κ3) is 7.85. The summed E-state index contributed by atoms with van der Waals surface area (Å²) in [4.78, 5) is 24.5. The minimum atomic E-state index is -0.651. The van der Waals surface area contributed by atoms with Crippen molar-refractivity contribution >= 4 is 52.8 Å². The average Bonchev–Trinajstić information content (AvgIpc) is 3.11. The van der Waals surface area contributed by atoms with Gasteiger partial charge in [-0.15, -0.1) is 0 Å². The van der Waals surface area contributed by atoms with Gasteiger partial charge in [0.05, 0.1) is 12.2 Å². The van der Waals surface area contributed by atoms with Gasteiger partial charge in [0.1, 0.15) is 5.15 Å². The third-order valence-corrected chi connectivity index (χ3v) is 6.56. The molecule has 1 amide bonds. The van der Waals surface area contributed by atoms with E-state index in [0.717, 1.165) is 24.0 Å². The summed E-state index contributed by atoms with van der Waals surface area (Å²) in [5.41, 5.74) is 3.28. The molecule has 0 bridgehead atoms. The van der Waals surface area contributed by atoms with Crippen LogP contribution in [0.3, 0.4) is 0 Å². The van der Waals surface area contributed by atoms with E-state index in [0.29, 0.717) is 39.5 Å². The van der Waals surface area contributed by atoms with Gasteiger partial charge in [-0.25, -0.2) is 9.48 Å². The van der Waals surface area contributed by atoms with Crippen molar-refractivity contribution in [2.45, 2.75) is 39.2 Å². The second-order valence-electron chi connectivity index (χ2n) is 8.33. The van der Waals surface area contributed by atoms with Crippen molar-refractivity contribution in [1.29, 1.82) is 0 Å². The maximum Gasteiger partial charge on any atom is 0.331 e. The van der Waals surface area contributed by atoms with Crippen LogP contribution < -0.4 is 5.32 Å². The van der Waals surface area contributed by atoms with Crippen molar-refractivity contribution in [1.82, 2.24) is 15.1 Å². The number of rotatable bonds is 11. The number of aromatic nitrogens is 2. The van der Waals surface area contributed by atoms with E-state index in [4.69, 9.17) is 39.5 Å². The van der Waals surface area contributed by atoms with Crippen molar-refractivity contribution in [3.8, 4) is 0 Å². The average molecular weight is 549 g/mol. The zero-order chi connectivity index (χ0) is 26.1. The molecule has 9 heteroatoms. The summed E-state index contributed by atoms with van der Waals surface area (Å²) in [6.45, 7) is 4.37. The van der Waals surface area contributed by atoms with Gasteiger partial charge in [-0.1, -0.05) is 84.5 Å². The minimum absolute atomic E-state index is 0.0249. The number of nitrogens with zero attached hydrogens (tertiary/aromatic N) is 2. The van der Waals surface area contributed by atoms with E-state index < -0.39 is 18.5 Å². The number of halogens is 3. The molecular weight excluding hydrogens is 521 g/mol. The van der Waals surface area contributed by atoms with Gasteiger partial charge in [-0.05, 0) is 42.7 Å². The molecule has 1 N–H and O–H groups in total. The number of esters is 1. The molecule has 3 rings (SSSR count). The molecule has 0 aliphatic rings. The van der Waals surface area contributed by atoms with Crippen LogP contribution in [-0.2, 0) is 20.9 Å². The van der Waals surface area contributed by atoms with Gasteiger partial charge in [0.25, 0.3) is 5.91 Å². The maximum atomic E-state index is 12.3. The molecule has 0 fully saturated rings. The quantitative estimate of drug-likeness (QED) is 0.221. The predicted molar refractivity (Wildman–Crippen MR) is 145 cm³/mol. The molecule has 1 heterocycles. The Balaban J connectivity index is 1.52.